The quantitative estimate of drug-likeness (QED) is 0.868. The van der Waals surface area contributed by atoms with Crippen molar-refractivity contribution in [1.82, 2.24) is 0 Å². The zero-order valence-electron chi connectivity index (χ0n) is 9.53. The predicted octanol–water partition coefficient (Wildman–Crippen LogP) is 1.48. The van der Waals surface area contributed by atoms with E-state index in [0.29, 0.717) is 5.56 Å². The molecule has 1 saturated heterocycles. The molecule has 0 spiro atoms. The minimum Gasteiger partial charge on any atom is -0.370 e. The number of hydrogen-bond acceptors (Lipinski definition) is 3. The minimum atomic E-state index is -0.418. The molecule has 1 aromatic carbocycles. The highest BCUT2D eigenvalue weighted by molar-refractivity contribution is 9.10. The fourth-order valence-electron chi connectivity index (χ4n) is 2.15. The second-order valence-electron chi connectivity index (χ2n) is 4.38. The lowest BCUT2D eigenvalue weighted by molar-refractivity contribution is 0.0999. The maximum absolute atomic E-state index is 11.1. The molecule has 0 radical (unpaired) electrons. The van der Waals surface area contributed by atoms with Crippen molar-refractivity contribution in [2.24, 2.45) is 11.5 Å². The van der Waals surface area contributed by atoms with Gasteiger partial charge in [-0.3, -0.25) is 4.79 Å². The maximum Gasteiger partial charge on any atom is 0.249 e. The molecule has 1 fully saturated rings. The number of nitrogens with zero attached hydrogens (tertiary/aromatic N) is 1. The molecule has 1 aromatic rings. The van der Waals surface area contributed by atoms with Gasteiger partial charge in [0.25, 0.3) is 0 Å². The average molecular weight is 298 g/mol. The van der Waals surface area contributed by atoms with Gasteiger partial charge in [0.2, 0.25) is 5.91 Å². The van der Waals surface area contributed by atoms with Crippen molar-refractivity contribution in [3.8, 4) is 0 Å². The number of hydrogen-bond donors (Lipinski definition) is 2. The lowest BCUT2D eigenvalue weighted by Gasteiger charge is -2.32. The summed E-state index contributed by atoms with van der Waals surface area (Å²) in [5, 5.41) is 0. The first-order valence-corrected chi connectivity index (χ1v) is 6.47. The molecule has 1 atom stereocenters. The minimum absolute atomic E-state index is 0.235. The molecule has 92 valence electrons. The standard InChI is InChI=1S/C12H16BrN3O/c13-11-6-9(3-4-10(11)12(15)17)16-5-1-2-8(14)7-16/h3-4,6,8H,1-2,5,7,14H2,(H2,15,17)/t8-/m1/s1. The van der Waals surface area contributed by atoms with E-state index in [9.17, 15) is 4.79 Å². The molecule has 1 aliphatic rings. The first kappa shape index (κ1) is 12.4. The number of benzene rings is 1. The van der Waals surface area contributed by atoms with Gasteiger partial charge in [-0.25, -0.2) is 0 Å². The molecule has 17 heavy (non-hydrogen) atoms. The predicted molar refractivity (Wildman–Crippen MR) is 72.1 cm³/mol. The number of carbonyl (C=O) groups excluding carboxylic acids is 1. The second kappa shape index (κ2) is 5.06. The van der Waals surface area contributed by atoms with Crippen molar-refractivity contribution in [3.05, 3.63) is 28.2 Å². The van der Waals surface area contributed by atoms with Gasteiger partial charge < -0.3 is 16.4 Å². The lowest BCUT2D eigenvalue weighted by Crippen LogP contribution is -2.42. The third-order valence-corrected chi connectivity index (χ3v) is 3.70. The summed E-state index contributed by atoms with van der Waals surface area (Å²) < 4.78 is 0.738. The number of nitrogens with two attached hydrogens (primary N) is 2. The number of piperidine rings is 1. The monoisotopic (exact) mass is 297 g/mol. The number of carbonyl (C=O) groups is 1. The molecule has 1 heterocycles. The van der Waals surface area contributed by atoms with Crippen molar-refractivity contribution in [2.75, 3.05) is 18.0 Å². The highest BCUT2D eigenvalue weighted by Crippen LogP contribution is 2.26. The Morgan fingerprint density at radius 3 is 2.82 bits per heavy atom. The number of primary amides is 1. The van der Waals surface area contributed by atoms with E-state index in [0.717, 1.165) is 36.1 Å². The molecule has 2 rings (SSSR count). The van der Waals surface area contributed by atoms with E-state index in [1.807, 2.05) is 12.1 Å². The molecular weight excluding hydrogens is 282 g/mol. The summed E-state index contributed by atoms with van der Waals surface area (Å²) in [6.07, 6.45) is 2.19. The Bertz CT molecular complexity index is 436. The second-order valence-corrected chi connectivity index (χ2v) is 5.23. The number of rotatable bonds is 2. The topological polar surface area (TPSA) is 72.4 Å². The summed E-state index contributed by atoms with van der Waals surface area (Å²) in [4.78, 5) is 13.4. The highest BCUT2D eigenvalue weighted by Gasteiger charge is 2.18. The van der Waals surface area contributed by atoms with Gasteiger partial charge >= 0.3 is 0 Å². The number of halogens is 1. The van der Waals surface area contributed by atoms with Gasteiger partial charge in [0, 0.05) is 29.3 Å². The zero-order chi connectivity index (χ0) is 12.4. The van der Waals surface area contributed by atoms with Crippen LogP contribution in [0.1, 0.15) is 23.2 Å². The van der Waals surface area contributed by atoms with Gasteiger partial charge in [-0.1, -0.05) is 0 Å². The average Bonchev–Trinajstić information content (AvgIpc) is 2.28. The summed E-state index contributed by atoms with van der Waals surface area (Å²) in [7, 11) is 0. The third-order valence-electron chi connectivity index (χ3n) is 3.04. The van der Waals surface area contributed by atoms with Crippen molar-refractivity contribution >= 4 is 27.5 Å². The van der Waals surface area contributed by atoms with E-state index in [4.69, 9.17) is 11.5 Å². The van der Waals surface area contributed by atoms with Gasteiger partial charge in [-0.15, -0.1) is 0 Å². The zero-order valence-corrected chi connectivity index (χ0v) is 11.1. The van der Waals surface area contributed by atoms with E-state index in [-0.39, 0.29) is 6.04 Å². The molecular formula is C12H16BrN3O. The van der Waals surface area contributed by atoms with Gasteiger partial charge in [-0.05, 0) is 47.0 Å². The van der Waals surface area contributed by atoms with Crippen LogP contribution in [0.15, 0.2) is 22.7 Å². The Morgan fingerprint density at radius 2 is 2.24 bits per heavy atom. The van der Waals surface area contributed by atoms with Crippen LogP contribution >= 0.6 is 15.9 Å². The molecule has 0 aliphatic carbocycles. The molecule has 1 aliphatic heterocycles. The van der Waals surface area contributed by atoms with Crippen LogP contribution < -0.4 is 16.4 Å². The Hall–Kier alpha value is -1.07. The fourth-order valence-corrected chi connectivity index (χ4v) is 2.71. The van der Waals surface area contributed by atoms with Gasteiger partial charge in [0.05, 0.1) is 5.56 Å². The van der Waals surface area contributed by atoms with Crippen LogP contribution in [0.2, 0.25) is 0 Å². The van der Waals surface area contributed by atoms with Crippen LogP contribution in [0.5, 0.6) is 0 Å². The van der Waals surface area contributed by atoms with E-state index >= 15 is 0 Å². The van der Waals surface area contributed by atoms with Crippen LogP contribution in [-0.2, 0) is 0 Å². The Kier molecular flexibility index (Phi) is 3.69. The third kappa shape index (κ3) is 2.79. The molecule has 4 N–H and O–H groups in total. The van der Waals surface area contributed by atoms with Gasteiger partial charge in [0.1, 0.15) is 0 Å². The maximum atomic E-state index is 11.1. The first-order valence-electron chi connectivity index (χ1n) is 5.68. The largest absolute Gasteiger partial charge is 0.370 e. The Balaban J connectivity index is 2.22. The molecule has 0 saturated carbocycles. The van der Waals surface area contributed by atoms with Crippen LogP contribution in [0.3, 0.4) is 0 Å². The van der Waals surface area contributed by atoms with Gasteiger partial charge in [0.15, 0.2) is 0 Å². The number of amides is 1. The lowest BCUT2D eigenvalue weighted by atomic mass is 10.1. The smallest absolute Gasteiger partial charge is 0.249 e. The summed E-state index contributed by atoms with van der Waals surface area (Å²) in [6.45, 7) is 1.87. The van der Waals surface area contributed by atoms with E-state index in [1.165, 1.54) is 0 Å². The molecule has 5 heteroatoms. The SMILES string of the molecule is NC(=O)c1ccc(N2CCC[C@@H](N)C2)cc1Br. The molecule has 0 unspecified atom stereocenters. The number of anilines is 1. The summed E-state index contributed by atoms with van der Waals surface area (Å²) in [5.74, 6) is -0.418. The van der Waals surface area contributed by atoms with Crippen LogP contribution in [-0.4, -0.2) is 25.0 Å². The molecule has 4 nitrogen and oxygen atoms in total. The van der Waals surface area contributed by atoms with Crippen LogP contribution in [0, 0.1) is 0 Å². The van der Waals surface area contributed by atoms with Crippen LogP contribution in [0.4, 0.5) is 5.69 Å². The summed E-state index contributed by atoms with van der Waals surface area (Å²) >= 11 is 3.37. The van der Waals surface area contributed by atoms with Crippen LogP contribution in [0.25, 0.3) is 0 Å². The molecule has 0 bridgehead atoms. The molecule has 0 aromatic heterocycles. The van der Waals surface area contributed by atoms with Crippen molar-refractivity contribution < 1.29 is 4.79 Å². The molecule has 1 amide bonds. The summed E-state index contributed by atoms with van der Waals surface area (Å²) in [5.41, 5.74) is 12.8. The Labute approximate surface area is 109 Å². The normalized spacial score (nSPS) is 20.4. The fraction of sp³-hybridized carbons (Fsp3) is 0.417. The van der Waals surface area contributed by atoms with Crippen molar-refractivity contribution in [3.63, 3.8) is 0 Å². The van der Waals surface area contributed by atoms with Gasteiger partial charge in [-0.2, -0.15) is 0 Å². The highest BCUT2D eigenvalue weighted by atomic mass is 79.9. The van der Waals surface area contributed by atoms with E-state index in [2.05, 4.69) is 20.8 Å². The van der Waals surface area contributed by atoms with Crippen molar-refractivity contribution in [2.45, 2.75) is 18.9 Å². The van der Waals surface area contributed by atoms with E-state index in [1.54, 1.807) is 6.07 Å². The Morgan fingerprint density at radius 1 is 1.47 bits per heavy atom. The summed E-state index contributed by atoms with van der Waals surface area (Å²) in [6, 6.07) is 5.83. The van der Waals surface area contributed by atoms with Crippen molar-refractivity contribution in [1.29, 1.82) is 0 Å². The first-order chi connectivity index (χ1) is 8.08. The van der Waals surface area contributed by atoms with E-state index < -0.39 is 5.91 Å².